The molecule has 0 bridgehead atoms. The van der Waals surface area contributed by atoms with Crippen molar-refractivity contribution in [1.82, 2.24) is 14.8 Å². The summed E-state index contributed by atoms with van der Waals surface area (Å²) in [4.78, 5) is 12.5. The van der Waals surface area contributed by atoms with Crippen molar-refractivity contribution in [2.45, 2.75) is 22.7 Å². The summed E-state index contributed by atoms with van der Waals surface area (Å²) in [6.07, 6.45) is 1.58. The Morgan fingerprint density at radius 2 is 2.07 bits per heavy atom. The van der Waals surface area contributed by atoms with Crippen LogP contribution >= 0.6 is 23.5 Å². The first-order chi connectivity index (χ1) is 13.0. The van der Waals surface area contributed by atoms with E-state index in [0.717, 1.165) is 11.3 Å². The van der Waals surface area contributed by atoms with E-state index in [1.165, 1.54) is 11.8 Å². The molecule has 0 saturated carbocycles. The Morgan fingerprint density at radius 3 is 2.78 bits per heavy atom. The second-order valence-corrected chi connectivity index (χ2v) is 7.44. The largest absolute Gasteiger partial charge is 0.469 e. The van der Waals surface area contributed by atoms with E-state index in [2.05, 4.69) is 15.5 Å². The maximum atomic E-state index is 12.6. The fourth-order valence-corrected chi connectivity index (χ4v) is 3.68. The summed E-state index contributed by atoms with van der Waals surface area (Å²) < 4.78 is 32.3. The van der Waals surface area contributed by atoms with Crippen LogP contribution in [0.1, 0.15) is 5.76 Å². The van der Waals surface area contributed by atoms with Gasteiger partial charge in [-0.1, -0.05) is 35.7 Å². The molecule has 27 heavy (non-hydrogen) atoms. The van der Waals surface area contributed by atoms with Crippen LogP contribution in [0.25, 0.3) is 11.4 Å². The van der Waals surface area contributed by atoms with Gasteiger partial charge in [0.05, 0.1) is 23.3 Å². The van der Waals surface area contributed by atoms with E-state index in [1.807, 2.05) is 6.92 Å². The molecule has 0 aliphatic heterocycles. The molecule has 0 spiro atoms. The third kappa shape index (κ3) is 4.69. The molecule has 0 aliphatic rings. The van der Waals surface area contributed by atoms with Gasteiger partial charge < -0.3 is 14.3 Å². The van der Waals surface area contributed by atoms with Crippen LogP contribution in [0.15, 0.2) is 51.1 Å². The van der Waals surface area contributed by atoms with Crippen LogP contribution in [0.5, 0.6) is 0 Å². The predicted octanol–water partition coefficient (Wildman–Crippen LogP) is 4.43. The number of furan rings is 1. The topological polar surface area (TPSA) is 72.9 Å². The summed E-state index contributed by atoms with van der Waals surface area (Å²) >= 11 is 1.61. The van der Waals surface area contributed by atoms with Gasteiger partial charge in [0.2, 0.25) is 5.91 Å². The Labute approximate surface area is 162 Å². The molecule has 3 rings (SSSR count). The highest BCUT2D eigenvalue weighted by molar-refractivity contribution is 8.00. The standard InChI is InChI=1S/C17H16F2N4O2S2/c1-10-11(7-8-25-10)15-21-22-17(23(15)2)26-9-14(24)20-12-5-3-4-6-13(12)27-16(18)19/h3-8,16H,9H2,1-2H3,(H,20,24). The third-order valence-electron chi connectivity index (χ3n) is 3.64. The molecule has 2 aromatic heterocycles. The Morgan fingerprint density at radius 1 is 1.30 bits per heavy atom. The van der Waals surface area contributed by atoms with Gasteiger partial charge in [0.25, 0.3) is 5.76 Å². The van der Waals surface area contributed by atoms with Crippen LogP contribution in [-0.4, -0.2) is 32.2 Å². The number of nitrogens with zero attached hydrogens (tertiary/aromatic N) is 3. The van der Waals surface area contributed by atoms with E-state index in [-0.39, 0.29) is 11.7 Å². The van der Waals surface area contributed by atoms with E-state index in [4.69, 9.17) is 4.42 Å². The Balaban J connectivity index is 1.64. The first kappa shape index (κ1) is 19.4. The number of anilines is 1. The minimum atomic E-state index is -2.55. The van der Waals surface area contributed by atoms with E-state index < -0.39 is 5.76 Å². The van der Waals surface area contributed by atoms with E-state index in [0.29, 0.717) is 33.3 Å². The number of alkyl halides is 2. The number of para-hydroxylation sites is 1. The van der Waals surface area contributed by atoms with Crippen LogP contribution in [0.2, 0.25) is 0 Å². The van der Waals surface area contributed by atoms with Gasteiger partial charge in [0, 0.05) is 11.9 Å². The number of rotatable bonds is 7. The van der Waals surface area contributed by atoms with Gasteiger partial charge in [0.1, 0.15) is 5.76 Å². The van der Waals surface area contributed by atoms with Gasteiger partial charge >= 0.3 is 0 Å². The minimum absolute atomic E-state index is 0.0734. The Hall–Kier alpha value is -2.33. The van der Waals surface area contributed by atoms with Gasteiger partial charge in [-0.25, -0.2) is 0 Å². The SMILES string of the molecule is Cc1occc1-c1nnc(SCC(=O)Nc2ccccc2SC(F)F)n1C. The van der Waals surface area contributed by atoms with Gasteiger partial charge in [-0.2, -0.15) is 8.78 Å². The predicted molar refractivity (Wildman–Crippen MR) is 101 cm³/mol. The lowest BCUT2D eigenvalue weighted by atomic mass is 10.2. The highest BCUT2D eigenvalue weighted by Crippen LogP contribution is 2.32. The molecule has 0 unspecified atom stereocenters. The molecular weight excluding hydrogens is 394 g/mol. The molecule has 3 aromatic rings. The quantitative estimate of drug-likeness (QED) is 0.581. The molecule has 1 N–H and O–H groups in total. The average Bonchev–Trinajstić information content (AvgIpc) is 3.20. The van der Waals surface area contributed by atoms with Crippen molar-refractivity contribution in [1.29, 1.82) is 0 Å². The van der Waals surface area contributed by atoms with Gasteiger partial charge in [-0.05, 0) is 25.1 Å². The first-order valence-corrected chi connectivity index (χ1v) is 9.72. The van der Waals surface area contributed by atoms with Crippen molar-refractivity contribution >= 4 is 35.1 Å². The molecule has 6 nitrogen and oxygen atoms in total. The number of hydrogen-bond donors (Lipinski definition) is 1. The van der Waals surface area contributed by atoms with Crippen LogP contribution in [0, 0.1) is 6.92 Å². The molecule has 0 saturated heterocycles. The summed E-state index contributed by atoms with van der Waals surface area (Å²) in [5, 5.41) is 11.5. The van der Waals surface area contributed by atoms with Crippen LogP contribution < -0.4 is 5.32 Å². The average molecular weight is 410 g/mol. The van der Waals surface area contributed by atoms with Crippen molar-refractivity contribution < 1.29 is 18.0 Å². The molecule has 0 fully saturated rings. The highest BCUT2D eigenvalue weighted by atomic mass is 32.2. The van der Waals surface area contributed by atoms with Crippen molar-refractivity contribution in [3.05, 3.63) is 42.4 Å². The highest BCUT2D eigenvalue weighted by Gasteiger charge is 2.16. The fraction of sp³-hybridized carbons (Fsp3) is 0.235. The van der Waals surface area contributed by atoms with Gasteiger partial charge in [-0.15, -0.1) is 10.2 Å². The third-order valence-corrected chi connectivity index (χ3v) is 5.45. The van der Waals surface area contributed by atoms with Crippen LogP contribution in [0.4, 0.5) is 14.5 Å². The molecule has 10 heteroatoms. The Kier molecular flexibility index (Phi) is 6.17. The molecule has 0 aliphatic carbocycles. The lowest BCUT2D eigenvalue weighted by Crippen LogP contribution is -2.15. The number of aromatic nitrogens is 3. The van der Waals surface area contributed by atoms with Crippen LogP contribution in [-0.2, 0) is 11.8 Å². The summed E-state index contributed by atoms with van der Waals surface area (Å²) in [5.74, 6) is -1.42. The van der Waals surface area contributed by atoms with Crippen molar-refractivity contribution in [3.8, 4) is 11.4 Å². The number of nitrogens with one attached hydrogen (secondary N) is 1. The number of hydrogen-bond acceptors (Lipinski definition) is 6. The fourth-order valence-electron chi connectivity index (χ4n) is 2.38. The second kappa shape index (κ2) is 8.57. The maximum absolute atomic E-state index is 12.6. The normalized spacial score (nSPS) is 11.1. The Bertz CT molecular complexity index is 943. The maximum Gasteiger partial charge on any atom is 0.288 e. The van der Waals surface area contributed by atoms with E-state index in [1.54, 1.807) is 48.2 Å². The molecule has 1 amide bonds. The molecule has 0 atom stereocenters. The number of benzene rings is 1. The second-order valence-electron chi connectivity index (χ2n) is 5.47. The summed E-state index contributed by atoms with van der Waals surface area (Å²) in [5.41, 5.74) is 1.19. The van der Waals surface area contributed by atoms with Crippen molar-refractivity contribution in [3.63, 3.8) is 0 Å². The van der Waals surface area contributed by atoms with E-state index >= 15 is 0 Å². The molecule has 0 radical (unpaired) electrons. The lowest BCUT2D eigenvalue weighted by molar-refractivity contribution is -0.113. The monoisotopic (exact) mass is 410 g/mol. The number of aryl methyl sites for hydroxylation is 1. The summed E-state index contributed by atoms with van der Waals surface area (Å²) in [6, 6.07) is 8.27. The van der Waals surface area contributed by atoms with Gasteiger partial charge in [0.15, 0.2) is 11.0 Å². The zero-order valence-corrected chi connectivity index (χ0v) is 16.1. The summed E-state index contributed by atoms with van der Waals surface area (Å²) in [6.45, 7) is 1.83. The minimum Gasteiger partial charge on any atom is -0.469 e. The zero-order chi connectivity index (χ0) is 19.4. The molecule has 1 aromatic carbocycles. The first-order valence-electron chi connectivity index (χ1n) is 7.86. The summed E-state index contributed by atoms with van der Waals surface area (Å²) in [7, 11) is 1.80. The number of amides is 1. The lowest BCUT2D eigenvalue weighted by Gasteiger charge is -2.10. The molecule has 142 valence electrons. The smallest absolute Gasteiger partial charge is 0.288 e. The van der Waals surface area contributed by atoms with Crippen molar-refractivity contribution in [2.75, 3.05) is 11.1 Å². The van der Waals surface area contributed by atoms with Crippen LogP contribution in [0.3, 0.4) is 0 Å². The number of carbonyl (C=O) groups excluding carboxylic acids is 1. The molecule has 2 heterocycles. The van der Waals surface area contributed by atoms with Gasteiger partial charge in [-0.3, -0.25) is 4.79 Å². The van der Waals surface area contributed by atoms with Crippen molar-refractivity contribution in [2.24, 2.45) is 7.05 Å². The zero-order valence-electron chi connectivity index (χ0n) is 14.5. The van der Waals surface area contributed by atoms with E-state index in [9.17, 15) is 13.6 Å². The number of thioether (sulfide) groups is 2. The number of carbonyl (C=O) groups is 1. The molecular formula is C17H16F2N4O2S2. The number of halogens is 2.